The van der Waals surface area contributed by atoms with Crippen LogP contribution >= 0.6 is 7.60 Å². The number of carbonyl (C=O) groups excluding carboxylic acids is 1. The fourth-order valence-electron chi connectivity index (χ4n) is 3.30. The molecule has 1 aliphatic carbocycles. The SMILES string of the molecule is NCCCC[C@@H](OP(=O)(O)C(NC(=O)CCc1ccccc1)C1CCC1)C(=O)O. The van der Waals surface area contributed by atoms with Gasteiger partial charge in [-0.1, -0.05) is 36.8 Å². The first-order chi connectivity index (χ1) is 13.8. The second kappa shape index (κ2) is 11.5. The molecule has 0 aromatic heterocycles. The van der Waals surface area contributed by atoms with Crippen LogP contribution in [0.2, 0.25) is 0 Å². The van der Waals surface area contributed by atoms with Crippen molar-refractivity contribution in [2.24, 2.45) is 11.7 Å². The van der Waals surface area contributed by atoms with E-state index in [1.807, 2.05) is 30.3 Å². The van der Waals surface area contributed by atoms with Gasteiger partial charge in [0.05, 0.1) is 0 Å². The number of carboxylic acids is 1. The van der Waals surface area contributed by atoms with Crippen LogP contribution in [0.15, 0.2) is 30.3 Å². The van der Waals surface area contributed by atoms with Crippen molar-refractivity contribution in [2.45, 2.75) is 63.3 Å². The zero-order valence-electron chi connectivity index (χ0n) is 16.5. The third kappa shape index (κ3) is 7.55. The summed E-state index contributed by atoms with van der Waals surface area (Å²) in [4.78, 5) is 34.4. The number of nitrogens with two attached hydrogens (primary N) is 1. The van der Waals surface area contributed by atoms with Gasteiger partial charge >= 0.3 is 13.6 Å². The quantitative estimate of drug-likeness (QED) is 0.281. The average molecular weight is 426 g/mol. The molecular weight excluding hydrogens is 395 g/mol. The molecule has 1 aromatic rings. The molecule has 162 valence electrons. The molecule has 0 radical (unpaired) electrons. The number of rotatable bonds is 13. The average Bonchev–Trinajstić information content (AvgIpc) is 2.64. The van der Waals surface area contributed by atoms with Gasteiger partial charge < -0.3 is 21.1 Å². The first-order valence-corrected chi connectivity index (χ1v) is 11.7. The third-order valence-electron chi connectivity index (χ3n) is 5.21. The molecule has 0 saturated heterocycles. The summed E-state index contributed by atoms with van der Waals surface area (Å²) in [5.41, 5.74) is 6.41. The van der Waals surface area contributed by atoms with Crippen molar-refractivity contribution in [3.05, 3.63) is 35.9 Å². The van der Waals surface area contributed by atoms with E-state index in [2.05, 4.69) is 5.32 Å². The second-order valence-electron chi connectivity index (χ2n) is 7.47. The van der Waals surface area contributed by atoms with E-state index in [1.165, 1.54) is 0 Å². The highest BCUT2D eigenvalue weighted by Crippen LogP contribution is 2.54. The fraction of sp³-hybridized carbons (Fsp3) is 0.600. The van der Waals surface area contributed by atoms with E-state index in [4.69, 9.17) is 10.3 Å². The molecule has 0 spiro atoms. The summed E-state index contributed by atoms with van der Waals surface area (Å²) < 4.78 is 18.1. The maximum absolute atomic E-state index is 12.9. The summed E-state index contributed by atoms with van der Waals surface area (Å²) in [6.07, 6.45) is 2.75. The summed E-state index contributed by atoms with van der Waals surface area (Å²) >= 11 is 0. The van der Waals surface area contributed by atoms with Crippen LogP contribution in [0.25, 0.3) is 0 Å². The van der Waals surface area contributed by atoms with Gasteiger partial charge in [0.15, 0.2) is 6.10 Å². The minimum absolute atomic E-state index is 0.0937. The Balaban J connectivity index is 2.00. The summed E-state index contributed by atoms with van der Waals surface area (Å²) in [5.74, 6) is -2.92. The zero-order chi connectivity index (χ0) is 21.3. The standard InChI is InChI=1S/C20H31N2O6P/c21-14-5-4-11-17(20(24)25)28-29(26,27)19(16-9-6-10-16)22-18(23)13-12-15-7-2-1-3-8-15/h1-3,7-8,16-17,19H,4-6,9-14,21H2,(H,22,23)(H,24,25)(H,26,27)/t17-,19?/m1/s1. The number of hydrogen-bond acceptors (Lipinski definition) is 5. The summed E-state index contributed by atoms with van der Waals surface area (Å²) in [7, 11) is -4.38. The normalized spacial score (nSPS) is 18.3. The molecule has 8 nitrogen and oxygen atoms in total. The van der Waals surface area contributed by atoms with Crippen LogP contribution in [-0.4, -0.2) is 40.3 Å². The molecule has 2 unspecified atom stereocenters. The highest BCUT2D eigenvalue weighted by atomic mass is 31.2. The van der Waals surface area contributed by atoms with Crippen molar-refractivity contribution >= 4 is 19.5 Å². The molecule has 0 aliphatic heterocycles. The molecule has 0 bridgehead atoms. The van der Waals surface area contributed by atoms with Gasteiger partial charge in [-0.15, -0.1) is 0 Å². The van der Waals surface area contributed by atoms with Gasteiger partial charge in [0, 0.05) is 6.42 Å². The summed E-state index contributed by atoms with van der Waals surface area (Å²) in [6.45, 7) is 0.408. The number of amides is 1. The molecule has 1 aliphatic rings. The molecule has 1 fully saturated rings. The lowest BCUT2D eigenvalue weighted by atomic mass is 9.85. The van der Waals surface area contributed by atoms with E-state index >= 15 is 0 Å². The van der Waals surface area contributed by atoms with Gasteiger partial charge in [-0.2, -0.15) is 0 Å². The highest BCUT2D eigenvalue weighted by Gasteiger charge is 2.44. The summed E-state index contributed by atoms with van der Waals surface area (Å²) in [6, 6.07) is 9.49. The molecule has 9 heteroatoms. The summed E-state index contributed by atoms with van der Waals surface area (Å²) in [5, 5.41) is 12.0. The van der Waals surface area contributed by atoms with Crippen molar-refractivity contribution in [1.29, 1.82) is 0 Å². The van der Waals surface area contributed by atoms with Crippen molar-refractivity contribution in [3.63, 3.8) is 0 Å². The Hall–Kier alpha value is -1.73. The molecule has 1 saturated carbocycles. The Morgan fingerprint density at radius 3 is 2.48 bits per heavy atom. The van der Waals surface area contributed by atoms with Gasteiger partial charge in [-0.25, -0.2) is 4.79 Å². The third-order valence-corrected chi connectivity index (χ3v) is 7.02. The van der Waals surface area contributed by atoms with E-state index < -0.39 is 25.5 Å². The van der Waals surface area contributed by atoms with Crippen LogP contribution in [0.3, 0.4) is 0 Å². The van der Waals surface area contributed by atoms with Gasteiger partial charge in [0.2, 0.25) is 5.91 Å². The number of aliphatic carboxylic acids is 1. The highest BCUT2D eigenvalue weighted by molar-refractivity contribution is 7.53. The number of aryl methyl sites for hydroxylation is 1. The second-order valence-corrected chi connectivity index (χ2v) is 9.37. The smallest absolute Gasteiger partial charge is 0.351 e. The first-order valence-electron chi connectivity index (χ1n) is 10.1. The van der Waals surface area contributed by atoms with E-state index in [1.54, 1.807) is 0 Å². The molecule has 1 aromatic carbocycles. The zero-order valence-corrected chi connectivity index (χ0v) is 17.4. The van der Waals surface area contributed by atoms with Crippen LogP contribution in [-0.2, 0) is 25.1 Å². The minimum Gasteiger partial charge on any atom is -0.479 e. The van der Waals surface area contributed by atoms with Crippen molar-refractivity contribution < 1.29 is 28.7 Å². The van der Waals surface area contributed by atoms with E-state index in [0.29, 0.717) is 38.6 Å². The van der Waals surface area contributed by atoms with Crippen LogP contribution in [0.4, 0.5) is 0 Å². The van der Waals surface area contributed by atoms with Gasteiger partial charge in [0.1, 0.15) is 5.78 Å². The lowest BCUT2D eigenvalue weighted by Gasteiger charge is -2.36. The van der Waals surface area contributed by atoms with Gasteiger partial charge in [0.25, 0.3) is 0 Å². The Morgan fingerprint density at radius 2 is 1.93 bits per heavy atom. The van der Waals surface area contributed by atoms with Crippen LogP contribution in [0.1, 0.15) is 50.5 Å². The van der Waals surface area contributed by atoms with Crippen LogP contribution in [0, 0.1) is 5.92 Å². The van der Waals surface area contributed by atoms with Crippen molar-refractivity contribution in [3.8, 4) is 0 Å². The Labute approximate surface area is 171 Å². The fourth-order valence-corrected chi connectivity index (χ4v) is 5.13. The maximum atomic E-state index is 12.9. The Morgan fingerprint density at radius 1 is 1.24 bits per heavy atom. The van der Waals surface area contributed by atoms with E-state index in [9.17, 15) is 24.2 Å². The number of carboxylic acid groups (broad SMARTS) is 1. The molecule has 2 rings (SSSR count). The van der Waals surface area contributed by atoms with E-state index in [-0.39, 0.29) is 24.7 Å². The Kier molecular flexibility index (Phi) is 9.30. The maximum Gasteiger partial charge on any atom is 0.351 e. The molecule has 1 amide bonds. The molecule has 3 atom stereocenters. The number of unbranched alkanes of at least 4 members (excludes halogenated alkanes) is 1. The van der Waals surface area contributed by atoms with Crippen molar-refractivity contribution in [1.82, 2.24) is 5.32 Å². The lowest BCUT2D eigenvalue weighted by Crippen LogP contribution is -2.44. The number of nitrogens with one attached hydrogen (secondary N) is 1. The largest absolute Gasteiger partial charge is 0.479 e. The van der Waals surface area contributed by atoms with Crippen LogP contribution < -0.4 is 11.1 Å². The predicted molar refractivity (Wildman–Crippen MR) is 109 cm³/mol. The molecule has 5 N–H and O–H groups in total. The molecule has 0 heterocycles. The van der Waals surface area contributed by atoms with Crippen molar-refractivity contribution in [2.75, 3.05) is 6.54 Å². The van der Waals surface area contributed by atoms with Gasteiger partial charge in [-0.3, -0.25) is 13.9 Å². The minimum atomic E-state index is -4.38. The lowest BCUT2D eigenvalue weighted by molar-refractivity contribution is -0.145. The number of carbonyl (C=O) groups is 2. The van der Waals surface area contributed by atoms with Crippen LogP contribution in [0.5, 0.6) is 0 Å². The topological polar surface area (TPSA) is 139 Å². The van der Waals surface area contributed by atoms with E-state index in [0.717, 1.165) is 12.0 Å². The predicted octanol–water partition coefficient (Wildman–Crippen LogP) is 2.65. The Bertz CT molecular complexity index is 710. The molecule has 29 heavy (non-hydrogen) atoms. The van der Waals surface area contributed by atoms with Gasteiger partial charge in [-0.05, 0) is 56.6 Å². The monoisotopic (exact) mass is 426 g/mol. The first kappa shape index (κ1) is 23.5. The number of benzene rings is 1. The number of hydrogen-bond donors (Lipinski definition) is 4. The molecular formula is C20H31N2O6P.